The van der Waals surface area contributed by atoms with Crippen molar-refractivity contribution >= 4 is 33.5 Å². The van der Waals surface area contributed by atoms with Gasteiger partial charge in [-0.2, -0.15) is 5.26 Å². The molecule has 0 N–H and O–H groups in total. The van der Waals surface area contributed by atoms with E-state index in [0.29, 0.717) is 10.3 Å². The first kappa shape index (κ1) is 36.1. The monoisotopic (exact) mass is 771 g/mol. The number of rotatable bonds is 2. The van der Waals surface area contributed by atoms with Gasteiger partial charge >= 0.3 is 34.4 Å². The summed E-state index contributed by atoms with van der Waals surface area (Å²) in [7, 11) is -0.282. The number of hydrogen-bond donors (Lipinski definition) is 0. The average molecular weight is 772 g/mol. The first-order valence-electron chi connectivity index (χ1n) is 9.23. The number of benzene rings is 2. The van der Waals surface area contributed by atoms with Crippen molar-refractivity contribution in [1.29, 1.82) is 5.26 Å². The van der Waals surface area contributed by atoms with Crippen LogP contribution in [0.3, 0.4) is 0 Å². The third kappa shape index (κ3) is 16.2. The number of nitrogens with zero attached hydrogens (tertiary/aromatic N) is 1. The van der Waals surface area contributed by atoms with E-state index in [1.165, 1.54) is 23.4 Å². The normalized spacial score (nSPS) is 12.2. The van der Waals surface area contributed by atoms with Crippen LogP contribution in [0.2, 0.25) is 0 Å². The Morgan fingerprint density at radius 2 is 1.06 bits per heavy atom. The van der Waals surface area contributed by atoms with Gasteiger partial charge in [-0.1, -0.05) is 104 Å². The van der Waals surface area contributed by atoms with Gasteiger partial charge in [0, 0.05) is 29.3 Å². The molecule has 0 unspecified atom stereocenters. The van der Waals surface area contributed by atoms with Gasteiger partial charge in [-0.05, 0) is 26.7 Å². The molecule has 0 heterocycles. The molecule has 32 heavy (non-hydrogen) atoms. The molecule has 1 radical (unpaired) electrons. The maximum absolute atomic E-state index is 9.91. The minimum atomic E-state index is -9.19. The minimum absolute atomic E-state index is 0. The second-order valence-electron chi connectivity index (χ2n) is 8.42. The van der Waals surface area contributed by atoms with Gasteiger partial charge < -0.3 is 4.70 Å². The van der Waals surface area contributed by atoms with Crippen LogP contribution >= 0.6 is 7.92 Å². The molecule has 0 saturated heterocycles. The van der Waals surface area contributed by atoms with Gasteiger partial charge in [0.1, 0.15) is 0 Å². The Balaban J connectivity index is -0.000000656. The van der Waals surface area contributed by atoms with Gasteiger partial charge in [0.2, 0.25) is 0 Å². The van der Waals surface area contributed by atoms with E-state index in [-0.39, 0.29) is 35.0 Å². The van der Waals surface area contributed by atoms with Crippen molar-refractivity contribution in [3.63, 3.8) is 0 Å². The zero-order chi connectivity index (χ0) is 23.8. The van der Waals surface area contributed by atoms with Gasteiger partial charge in [0.15, 0.2) is 0 Å². The molecule has 0 bridgehead atoms. The maximum atomic E-state index is 9.91. The predicted octanol–water partition coefficient (Wildman–Crippen LogP) is 5.31. The SMILES string of the molecule is CC#N.CC(C)(C)P(c1ccccc1-c1ccccc1)C(C)(C)C.[Au].[F-].[F][Sb]([F])([F])([F])[F]. The van der Waals surface area contributed by atoms with Crippen molar-refractivity contribution < 1.29 is 41.1 Å². The molecule has 0 aromatic heterocycles. The second-order valence-corrected chi connectivity index (χ2v) is 15.9. The van der Waals surface area contributed by atoms with E-state index in [2.05, 4.69) is 96.1 Å². The van der Waals surface area contributed by atoms with Crippen LogP contribution in [0.25, 0.3) is 11.1 Å². The topological polar surface area (TPSA) is 23.8 Å². The molecule has 0 spiro atoms. The summed E-state index contributed by atoms with van der Waals surface area (Å²) in [6.45, 7) is 15.7. The van der Waals surface area contributed by atoms with Crippen LogP contribution in [-0.2, 0) is 22.4 Å². The number of hydrogen-bond acceptors (Lipinski definition) is 1. The Bertz CT molecular complexity index is 807. The van der Waals surface area contributed by atoms with Crippen molar-refractivity contribution in [1.82, 2.24) is 0 Å². The Labute approximate surface area is 209 Å². The van der Waals surface area contributed by atoms with E-state index in [1.54, 1.807) is 6.07 Å². The zero-order valence-electron chi connectivity index (χ0n) is 19.1. The Kier molecular flexibility index (Phi) is 15.8. The molecular weight excluding hydrogens is 742 g/mol. The van der Waals surface area contributed by atoms with Crippen LogP contribution in [-0.4, -0.2) is 30.6 Å². The molecule has 10 heteroatoms. The van der Waals surface area contributed by atoms with E-state index in [0.717, 1.165) is 0 Å². The summed E-state index contributed by atoms with van der Waals surface area (Å²) in [5, 5.41) is 9.43. The average Bonchev–Trinajstić information content (AvgIpc) is 2.52. The third-order valence-corrected chi connectivity index (χ3v) is 7.13. The van der Waals surface area contributed by atoms with Crippen LogP contribution in [0.15, 0.2) is 54.6 Å². The fourth-order valence-corrected chi connectivity index (χ4v) is 7.40. The number of nitriles is 1. The molecule has 2 rings (SSSR count). The van der Waals surface area contributed by atoms with E-state index >= 15 is 0 Å². The van der Waals surface area contributed by atoms with Gasteiger partial charge in [-0.25, -0.2) is 0 Å². The summed E-state index contributed by atoms with van der Waals surface area (Å²) in [6, 6.07) is 21.5. The predicted molar refractivity (Wildman–Crippen MR) is 121 cm³/mol. The van der Waals surface area contributed by atoms with Gasteiger partial charge in [0.25, 0.3) is 0 Å². The van der Waals surface area contributed by atoms with Crippen molar-refractivity contribution in [3.05, 3.63) is 54.6 Å². The first-order chi connectivity index (χ1) is 13.4. The standard InChI is InChI=1S/C20H27P.C2H3N.Au.6FH.Sb/c1-19(2,3)21(20(4,5)6)18-15-11-10-14-17(18)16-12-8-7-9-13-16;1-2-3;;;;;;;;/h7-15H,1-6H3;1H3;;6*1H;/q;;;;;;;;;+5/p-6. The summed E-state index contributed by atoms with van der Waals surface area (Å²) in [4.78, 5) is 0. The molecule has 0 fully saturated rings. The van der Waals surface area contributed by atoms with Crippen LogP contribution in [0, 0.1) is 11.3 Å². The van der Waals surface area contributed by atoms with Gasteiger partial charge in [-0.15, -0.1) is 0 Å². The molecule has 0 aliphatic carbocycles. The van der Waals surface area contributed by atoms with Crippen molar-refractivity contribution in [3.8, 4) is 17.2 Å². The first-order valence-corrected chi connectivity index (χ1v) is 15.4. The molecule has 0 aliphatic rings. The molecule has 0 atom stereocenters. The molecule has 187 valence electrons. The summed E-state index contributed by atoms with van der Waals surface area (Å²) >= 11 is -9.19. The quantitative estimate of drug-likeness (QED) is 0.231. The van der Waals surface area contributed by atoms with E-state index in [1.807, 2.05) is 0 Å². The third-order valence-electron chi connectivity index (χ3n) is 3.57. The van der Waals surface area contributed by atoms with E-state index in [4.69, 9.17) is 5.26 Å². The van der Waals surface area contributed by atoms with Gasteiger partial charge in [0.05, 0.1) is 6.07 Å². The van der Waals surface area contributed by atoms with E-state index in [9.17, 15) is 14.1 Å². The zero-order valence-corrected chi connectivity index (χ0v) is 24.7. The van der Waals surface area contributed by atoms with Crippen molar-refractivity contribution in [2.45, 2.75) is 58.8 Å². The van der Waals surface area contributed by atoms with Crippen molar-refractivity contribution in [2.24, 2.45) is 0 Å². The van der Waals surface area contributed by atoms with Crippen LogP contribution in [0.1, 0.15) is 48.5 Å². The fourth-order valence-electron chi connectivity index (χ4n) is 3.26. The Hall–Kier alpha value is -0.502. The second kappa shape index (κ2) is 14.0. The fraction of sp³-hybridized carbons (Fsp3) is 0.409. The molecule has 2 aromatic carbocycles. The summed E-state index contributed by atoms with van der Waals surface area (Å²) in [5.74, 6) is 0. The molecule has 0 saturated carbocycles. The Morgan fingerprint density at radius 3 is 1.41 bits per heavy atom. The molecule has 0 aliphatic heterocycles. The molecule has 1 nitrogen and oxygen atoms in total. The van der Waals surface area contributed by atoms with Crippen molar-refractivity contribution in [2.75, 3.05) is 0 Å². The molecular formula is C22H30AuF6NPSb-. The number of halogens is 6. The van der Waals surface area contributed by atoms with Gasteiger partial charge in [-0.3, -0.25) is 0 Å². The van der Waals surface area contributed by atoms with Crippen LogP contribution < -0.4 is 10.0 Å². The summed E-state index contributed by atoms with van der Waals surface area (Å²) in [6.07, 6.45) is 0. The van der Waals surface area contributed by atoms with Crippen LogP contribution in [0.4, 0.5) is 14.1 Å². The Morgan fingerprint density at radius 1 is 0.750 bits per heavy atom. The van der Waals surface area contributed by atoms with E-state index < -0.39 is 20.3 Å². The summed E-state index contributed by atoms with van der Waals surface area (Å²) in [5.41, 5.74) is 2.73. The van der Waals surface area contributed by atoms with Crippen LogP contribution in [0.5, 0.6) is 0 Å². The molecule has 2 aromatic rings. The summed E-state index contributed by atoms with van der Waals surface area (Å²) < 4.78 is 49.6. The molecule has 0 amide bonds.